The van der Waals surface area contributed by atoms with Gasteiger partial charge in [-0.3, -0.25) is 4.79 Å². The highest BCUT2D eigenvalue weighted by Gasteiger charge is 2.14. The van der Waals surface area contributed by atoms with Crippen LogP contribution in [0.4, 0.5) is 0 Å². The van der Waals surface area contributed by atoms with Crippen LogP contribution in [-0.2, 0) is 0 Å². The number of aryl methyl sites for hydroxylation is 1. The van der Waals surface area contributed by atoms with Crippen LogP contribution in [0.5, 0.6) is 5.75 Å². The Morgan fingerprint density at radius 3 is 2.74 bits per heavy atom. The smallest absolute Gasteiger partial charge is 0.291 e. The van der Waals surface area contributed by atoms with E-state index in [0.29, 0.717) is 16.1 Å². The van der Waals surface area contributed by atoms with Gasteiger partial charge in [-0.05, 0) is 55.8 Å². The fourth-order valence-corrected chi connectivity index (χ4v) is 4.34. The topological polar surface area (TPSA) is 74.3 Å². The molecule has 0 amide bonds. The summed E-state index contributed by atoms with van der Waals surface area (Å²) < 4.78 is 9.39. The molecule has 2 aromatic carbocycles. The molecule has 5 aromatic rings. The minimum Gasteiger partial charge on any atom is -0.494 e. The first-order valence-corrected chi connectivity index (χ1v) is 10.7. The van der Waals surface area contributed by atoms with Crippen LogP contribution >= 0.6 is 11.3 Å². The maximum atomic E-state index is 12.7. The van der Waals surface area contributed by atoms with Crippen molar-refractivity contribution in [2.24, 2.45) is 0 Å². The third kappa shape index (κ3) is 3.51. The number of benzene rings is 2. The van der Waals surface area contributed by atoms with Crippen molar-refractivity contribution in [3.8, 4) is 22.7 Å². The average molecular weight is 430 g/mol. The van der Waals surface area contributed by atoms with Gasteiger partial charge in [0.15, 0.2) is 0 Å². The Kier molecular flexibility index (Phi) is 4.83. The first-order valence-electron chi connectivity index (χ1n) is 9.87. The van der Waals surface area contributed by atoms with Crippen LogP contribution in [0.3, 0.4) is 0 Å². The van der Waals surface area contributed by atoms with E-state index in [1.807, 2.05) is 73.3 Å². The number of rotatable bonds is 5. The fraction of sp³-hybridized carbons (Fsp3) is 0.130. The van der Waals surface area contributed by atoms with Crippen molar-refractivity contribution in [3.63, 3.8) is 0 Å². The average Bonchev–Trinajstić information content (AvgIpc) is 3.48. The van der Waals surface area contributed by atoms with E-state index in [2.05, 4.69) is 16.1 Å². The van der Waals surface area contributed by atoms with Crippen LogP contribution in [0.2, 0.25) is 0 Å². The molecule has 3 aromatic heterocycles. The Morgan fingerprint density at radius 2 is 2.00 bits per heavy atom. The number of para-hydroxylation sites is 1. The predicted molar refractivity (Wildman–Crippen MR) is 121 cm³/mol. The van der Waals surface area contributed by atoms with Crippen molar-refractivity contribution in [3.05, 3.63) is 87.1 Å². The van der Waals surface area contributed by atoms with E-state index >= 15 is 0 Å². The summed E-state index contributed by atoms with van der Waals surface area (Å²) in [6, 6.07) is 15.9. The molecule has 154 valence electrons. The third-order valence-corrected chi connectivity index (χ3v) is 5.89. The van der Waals surface area contributed by atoms with Crippen molar-refractivity contribution >= 4 is 22.4 Å². The lowest BCUT2D eigenvalue weighted by molar-refractivity contribution is 0.338. The molecule has 3 heterocycles. The summed E-state index contributed by atoms with van der Waals surface area (Å²) in [5.74, 6) is 0.853. The Bertz CT molecular complexity index is 1480. The number of thiazole rings is 1. The van der Waals surface area contributed by atoms with Crippen molar-refractivity contribution in [1.82, 2.24) is 24.4 Å². The second-order valence-corrected chi connectivity index (χ2v) is 8.01. The van der Waals surface area contributed by atoms with Gasteiger partial charge in [0.1, 0.15) is 17.8 Å². The lowest BCUT2D eigenvalue weighted by Gasteiger charge is -2.08. The van der Waals surface area contributed by atoms with Gasteiger partial charge in [0.05, 0.1) is 16.8 Å². The fourth-order valence-electron chi connectivity index (χ4n) is 3.46. The lowest BCUT2D eigenvalue weighted by atomic mass is 10.0. The van der Waals surface area contributed by atoms with Crippen LogP contribution in [0, 0.1) is 6.92 Å². The number of nitrogens with zero attached hydrogens (tertiary/aromatic N) is 5. The second-order valence-electron chi connectivity index (χ2n) is 7.00. The molecular weight excluding hydrogens is 410 g/mol. The van der Waals surface area contributed by atoms with Crippen molar-refractivity contribution in [1.29, 1.82) is 0 Å². The summed E-state index contributed by atoms with van der Waals surface area (Å²) in [5.41, 5.74) is 4.37. The number of aromatic nitrogens is 5. The quantitative estimate of drug-likeness (QED) is 0.429. The Balaban J connectivity index is 1.70. The summed E-state index contributed by atoms with van der Waals surface area (Å²) in [5, 5.41) is 8.85. The van der Waals surface area contributed by atoms with Crippen molar-refractivity contribution < 1.29 is 4.74 Å². The molecule has 0 spiro atoms. The molecular formula is C23H19N5O2S. The van der Waals surface area contributed by atoms with Gasteiger partial charge in [0.25, 0.3) is 5.56 Å². The molecule has 8 heteroatoms. The Hall–Kier alpha value is -3.78. The van der Waals surface area contributed by atoms with E-state index in [9.17, 15) is 4.79 Å². The number of fused-ring (bicyclic) bond motifs is 1. The third-order valence-electron chi connectivity index (χ3n) is 4.92. The van der Waals surface area contributed by atoms with Gasteiger partial charge < -0.3 is 4.74 Å². The summed E-state index contributed by atoms with van der Waals surface area (Å²) in [4.78, 5) is 17.4. The zero-order chi connectivity index (χ0) is 21.4. The number of hydrogen-bond donors (Lipinski definition) is 0. The van der Waals surface area contributed by atoms with Crippen LogP contribution in [-0.4, -0.2) is 31.0 Å². The first kappa shape index (κ1) is 19.2. The van der Waals surface area contributed by atoms with Gasteiger partial charge in [-0.2, -0.15) is 14.7 Å². The van der Waals surface area contributed by atoms with Gasteiger partial charge in [-0.15, -0.1) is 0 Å². The molecule has 0 atom stereocenters. The highest BCUT2D eigenvalue weighted by molar-refractivity contribution is 7.15. The largest absolute Gasteiger partial charge is 0.494 e. The van der Waals surface area contributed by atoms with Gasteiger partial charge >= 0.3 is 0 Å². The predicted octanol–water partition coefficient (Wildman–Crippen LogP) is 3.26. The van der Waals surface area contributed by atoms with Crippen LogP contribution in [0.15, 0.2) is 65.8 Å². The molecule has 0 aliphatic carbocycles. The monoisotopic (exact) mass is 429 g/mol. The van der Waals surface area contributed by atoms with Crippen LogP contribution in [0.25, 0.3) is 28.0 Å². The minimum atomic E-state index is -0.182. The molecule has 0 unspecified atom stereocenters. The number of hydrogen-bond acceptors (Lipinski definition) is 6. The molecule has 0 aliphatic heterocycles. The van der Waals surface area contributed by atoms with E-state index in [4.69, 9.17) is 9.84 Å². The molecule has 0 fully saturated rings. The van der Waals surface area contributed by atoms with E-state index in [1.165, 1.54) is 22.2 Å². The zero-order valence-electron chi connectivity index (χ0n) is 17.0. The summed E-state index contributed by atoms with van der Waals surface area (Å²) in [6.45, 7) is 4.60. The van der Waals surface area contributed by atoms with E-state index in [-0.39, 0.29) is 5.56 Å². The number of ether oxygens (including phenoxy) is 1. The molecule has 5 rings (SSSR count). The summed E-state index contributed by atoms with van der Waals surface area (Å²) >= 11 is 1.31. The normalized spacial score (nSPS) is 12.0. The summed E-state index contributed by atoms with van der Waals surface area (Å²) in [6.07, 6.45) is 5.18. The Labute approximate surface area is 181 Å². The van der Waals surface area contributed by atoms with Gasteiger partial charge in [-0.1, -0.05) is 29.5 Å². The van der Waals surface area contributed by atoms with Crippen molar-refractivity contribution in [2.75, 3.05) is 6.61 Å². The van der Waals surface area contributed by atoms with Gasteiger partial charge in [-0.25, -0.2) is 9.67 Å². The second kappa shape index (κ2) is 7.81. The summed E-state index contributed by atoms with van der Waals surface area (Å²) in [7, 11) is 0. The van der Waals surface area contributed by atoms with Gasteiger partial charge in [0, 0.05) is 17.3 Å². The van der Waals surface area contributed by atoms with Gasteiger partial charge in [0.2, 0.25) is 4.96 Å². The lowest BCUT2D eigenvalue weighted by Crippen LogP contribution is -2.23. The molecule has 0 N–H and O–H groups in total. The highest BCUT2D eigenvalue weighted by Crippen LogP contribution is 2.29. The molecule has 0 aliphatic rings. The van der Waals surface area contributed by atoms with E-state index < -0.39 is 0 Å². The van der Waals surface area contributed by atoms with Crippen LogP contribution < -0.4 is 14.8 Å². The van der Waals surface area contributed by atoms with Crippen LogP contribution in [0.1, 0.15) is 18.1 Å². The Morgan fingerprint density at radius 1 is 1.16 bits per heavy atom. The highest BCUT2D eigenvalue weighted by atomic mass is 32.1. The molecule has 0 bridgehead atoms. The van der Waals surface area contributed by atoms with E-state index in [0.717, 1.165) is 33.8 Å². The molecule has 0 saturated heterocycles. The molecule has 0 radical (unpaired) electrons. The minimum absolute atomic E-state index is 0.182. The maximum absolute atomic E-state index is 12.7. The van der Waals surface area contributed by atoms with Crippen molar-refractivity contribution in [2.45, 2.75) is 13.8 Å². The van der Waals surface area contributed by atoms with E-state index in [1.54, 1.807) is 0 Å². The first-order chi connectivity index (χ1) is 15.1. The molecule has 7 nitrogen and oxygen atoms in total. The SMILES string of the molecule is CCOc1ccc(-c2nn(-c3ccccc3)cc2/C=c2\sc3ncnn3c2=O)cc1C. The standard InChI is InChI=1S/C23H19N5O2S/c1-3-30-19-10-9-16(11-15(19)2)21-17(13-27(26-21)18-7-5-4-6-8-18)12-20-22(29)28-23(31-20)24-14-25-28/h4-14H,3H2,1-2H3/b20-12-. The zero-order valence-corrected chi connectivity index (χ0v) is 17.8. The molecule has 31 heavy (non-hydrogen) atoms. The molecule has 0 saturated carbocycles. The maximum Gasteiger partial charge on any atom is 0.291 e.